The average Bonchev–Trinajstić information content (AvgIpc) is 2.48. The number of hydrogen-bond donors (Lipinski definition) is 2. The number of halogens is 3. The monoisotopic (exact) mass is 383 g/mol. The lowest BCUT2D eigenvalue weighted by atomic mass is 10.2. The molecular weight excluding hydrogens is 373 g/mol. The fraction of sp³-hybridized carbons (Fsp3) is 0.0667. The number of nitrogens with one attached hydrogen (secondary N) is 2. The van der Waals surface area contributed by atoms with Gasteiger partial charge >= 0.3 is 0 Å². The van der Waals surface area contributed by atoms with E-state index in [4.69, 9.17) is 11.6 Å². The Kier molecular flexibility index (Phi) is 5.91. The quantitative estimate of drug-likeness (QED) is 0.608. The van der Waals surface area contributed by atoms with E-state index in [1.807, 2.05) is 0 Å². The molecule has 22 heavy (non-hydrogen) atoms. The van der Waals surface area contributed by atoms with E-state index in [1.54, 1.807) is 30.3 Å². The molecular formula is C15H12BrClFN3O. The summed E-state index contributed by atoms with van der Waals surface area (Å²) in [6.45, 7) is 0.0565. The summed E-state index contributed by atoms with van der Waals surface area (Å²) in [5.74, 6) is -0.626. The lowest BCUT2D eigenvalue weighted by Gasteiger charge is -2.07. The van der Waals surface area contributed by atoms with Gasteiger partial charge in [-0.1, -0.05) is 23.7 Å². The van der Waals surface area contributed by atoms with Crippen LogP contribution in [-0.2, 0) is 4.79 Å². The summed E-state index contributed by atoms with van der Waals surface area (Å²) in [7, 11) is 0. The Labute approximate surface area is 140 Å². The standard InChI is InChI=1S/C15H12BrClFN3O/c16-13-7-11(17)3-6-14(13)19-9-15(22)21-20-8-10-1-4-12(18)5-2-10/h1-8,19H,9H2,(H,21,22)/b20-8+. The van der Waals surface area contributed by atoms with Gasteiger partial charge in [0.1, 0.15) is 5.82 Å². The van der Waals surface area contributed by atoms with Gasteiger partial charge in [-0.25, -0.2) is 9.82 Å². The lowest BCUT2D eigenvalue weighted by molar-refractivity contribution is -0.119. The van der Waals surface area contributed by atoms with Crippen molar-refractivity contribution >= 4 is 45.3 Å². The van der Waals surface area contributed by atoms with Crippen LogP contribution in [0.3, 0.4) is 0 Å². The highest BCUT2D eigenvalue weighted by Crippen LogP contribution is 2.25. The van der Waals surface area contributed by atoms with Crippen molar-refractivity contribution < 1.29 is 9.18 Å². The Balaban J connectivity index is 1.81. The summed E-state index contributed by atoms with van der Waals surface area (Å²) in [4.78, 5) is 11.7. The first-order valence-electron chi connectivity index (χ1n) is 6.31. The van der Waals surface area contributed by atoms with Crippen molar-refractivity contribution in [3.8, 4) is 0 Å². The molecule has 2 rings (SSSR count). The van der Waals surface area contributed by atoms with Crippen LogP contribution in [0.15, 0.2) is 52.0 Å². The third kappa shape index (κ3) is 5.13. The van der Waals surface area contributed by atoms with Crippen LogP contribution >= 0.6 is 27.5 Å². The molecule has 1 amide bonds. The number of hydrazone groups is 1. The average molecular weight is 385 g/mol. The van der Waals surface area contributed by atoms with Gasteiger partial charge in [0.05, 0.1) is 12.8 Å². The van der Waals surface area contributed by atoms with E-state index >= 15 is 0 Å². The summed E-state index contributed by atoms with van der Waals surface area (Å²) in [6, 6.07) is 11.0. The first kappa shape index (κ1) is 16.5. The molecule has 2 N–H and O–H groups in total. The summed E-state index contributed by atoms with van der Waals surface area (Å²) in [6.07, 6.45) is 1.44. The number of nitrogens with zero attached hydrogens (tertiary/aromatic N) is 1. The Morgan fingerprint density at radius 1 is 1.27 bits per heavy atom. The number of benzene rings is 2. The van der Waals surface area contributed by atoms with Crippen molar-refractivity contribution in [2.75, 3.05) is 11.9 Å². The highest BCUT2D eigenvalue weighted by Gasteiger charge is 2.03. The SMILES string of the molecule is O=C(CNc1ccc(Cl)cc1Br)N/N=C/c1ccc(F)cc1. The second-order valence-corrected chi connectivity index (χ2v) is 5.61. The summed E-state index contributed by atoms with van der Waals surface area (Å²) >= 11 is 9.18. The smallest absolute Gasteiger partial charge is 0.259 e. The molecule has 0 aliphatic rings. The van der Waals surface area contributed by atoms with Crippen molar-refractivity contribution in [1.29, 1.82) is 0 Å². The Morgan fingerprint density at radius 2 is 2.00 bits per heavy atom. The molecule has 0 aliphatic heterocycles. The molecule has 0 aliphatic carbocycles. The van der Waals surface area contributed by atoms with Crippen LogP contribution in [0.1, 0.15) is 5.56 Å². The molecule has 0 bridgehead atoms. The van der Waals surface area contributed by atoms with Gasteiger partial charge in [-0.05, 0) is 51.8 Å². The molecule has 114 valence electrons. The van der Waals surface area contributed by atoms with Crippen molar-refractivity contribution in [3.63, 3.8) is 0 Å². The van der Waals surface area contributed by atoms with E-state index in [9.17, 15) is 9.18 Å². The zero-order valence-electron chi connectivity index (χ0n) is 11.3. The van der Waals surface area contributed by atoms with Crippen LogP contribution < -0.4 is 10.7 Å². The van der Waals surface area contributed by atoms with Gasteiger partial charge in [0.25, 0.3) is 5.91 Å². The van der Waals surface area contributed by atoms with E-state index < -0.39 is 0 Å². The van der Waals surface area contributed by atoms with Crippen molar-refractivity contribution in [2.24, 2.45) is 5.10 Å². The van der Waals surface area contributed by atoms with Crippen molar-refractivity contribution in [2.45, 2.75) is 0 Å². The molecule has 2 aromatic carbocycles. The number of anilines is 1. The van der Waals surface area contributed by atoms with E-state index in [1.165, 1.54) is 18.3 Å². The van der Waals surface area contributed by atoms with Crippen LogP contribution in [-0.4, -0.2) is 18.7 Å². The number of amides is 1. The van der Waals surface area contributed by atoms with Crippen LogP contribution in [0.25, 0.3) is 0 Å². The second-order valence-electron chi connectivity index (χ2n) is 4.32. The summed E-state index contributed by atoms with van der Waals surface area (Å²) < 4.78 is 13.5. The van der Waals surface area contributed by atoms with Gasteiger partial charge in [0, 0.05) is 15.2 Å². The summed E-state index contributed by atoms with van der Waals surface area (Å²) in [5, 5.41) is 7.36. The Bertz CT molecular complexity index is 692. The normalized spacial score (nSPS) is 10.7. The van der Waals surface area contributed by atoms with Crippen molar-refractivity contribution in [3.05, 3.63) is 63.3 Å². The Hall–Kier alpha value is -1.92. The number of carbonyl (C=O) groups excluding carboxylic acids is 1. The molecule has 4 nitrogen and oxygen atoms in total. The number of hydrogen-bond acceptors (Lipinski definition) is 3. The molecule has 0 unspecified atom stereocenters. The largest absolute Gasteiger partial charge is 0.375 e. The minimum atomic E-state index is -0.320. The first-order valence-corrected chi connectivity index (χ1v) is 7.48. The molecule has 0 spiro atoms. The molecule has 0 atom stereocenters. The zero-order valence-corrected chi connectivity index (χ0v) is 13.7. The van der Waals surface area contributed by atoms with E-state index in [0.717, 1.165) is 10.2 Å². The van der Waals surface area contributed by atoms with Gasteiger partial charge in [-0.3, -0.25) is 4.79 Å². The fourth-order valence-corrected chi connectivity index (χ4v) is 2.40. The van der Waals surface area contributed by atoms with Gasteiger partial charge in [0.15, 0.2) is 0 Å². The van der Waals surface area contributed by atoms with E-state index in [-0.39, 0.29) is 18.3 Å². The first-order chi connectivity index (χ1) is 10.5. The fourth-order valence-electron chi connectivity index (χ4n) is 1.58. The zero-order chi connectivity index (χ0) is 15.9. The van der Waals surface area contributed by atoms with Crippen LogP contribution in [0.2, 0.25) is 5.02 Å². The Morgan fingerprint density at radius 3 is 2.68 bits per heavy atom. The van der Waals surface area contributed by atoms with Gasteiger partial charge in [-0.2, -0.15) is 5.10 Å². The third-order valence-corrected chi connectivity index (χ3v) is 3.53. The highest BCUT2D eigenvalue weighted by atomic mass is 79.9. The van der Waals surface area contributed by atoms with Crippen molar-refractivity contribution in [1.82, 2.24) is 5.43 Å². The molecule has 0 radical (unpaired) electrons. The minimum Gasteiger partial charge on any atom is -0.375 e. The minimum absolute atomic E-state index is 0.0565. The van der Waals surface area contributed by atoms with Crippen LogP contribution in [0.5, 0.6) is 0 Å². The lowest BCUT2D eigenvalue weighted by Crippen LogP contribution is -2.26. The van der Waals surface area contributed by atoms with E-state index in [0.29, 0.717) is 10.6 Å². The second kappa shape index (κ2) is 7.91. The predicted molar refractivity (Wildman–Crippen MR) is 89.8 cm³/mol. The maximum atomic E-state index is 12.7. The maximum Gasteiger partial charge on any atom is 0.259 e. The topological polar surface area (TPSA) is 53.5 Å². The van der Waals surface area contributed by atoms with Crippen LogP contribution in [0.4, 0.5) is 10.1 Å². The summed E-state index contributed by atoms with van der Waals surface area (Å²) in [5.41, 5.74) is 3.82. The molecule has 0 saturated carbocycles. The van der Waals surface area contributed by atoms with Gasteiger partial charge in [-0.15, -0.1) is 0 Å². The highest BCUT2D eigenvalue weighted by molar-refractivity contribution is 9.10. The van der Waals surface area contributed by atoms with E-state index in [2.05, 4.69) is 31.8 Å². The predicted octanol–water partition coefficient (Wildman–Crippen LogP) is 3.80. The molecule has 0 fully saturated rings. The maximum absolute atomic E-state index is 12.7. The molecule has 2 aromatic rings. The number of carbonyl (C=O) groups is 1. The molecule has 0 heterocycles. The molecule has 0 aromatic heterocycles. The third-order valence-electron chi connectivity index (χ3n) is 2.64. The molecule has 0 saturated heterocycles. The number of rotatable bonds is 5. The van der Waals surface area contributed by atoms with Gasteiger partial charge in [0.2, 0.25) is 0 Å². The molecule has 7 heteroatoms. The van der Waals surface area contributed by atoms with Gasteiger partial charge < -0.3 is 5.32 Å². The van der Waals surface area contributed by atoms with Crippen LogP contribution in [0, 0.1) is 5.82 Å².